The maximum atomic E-state index is 11.9. The average molecular weight is 271 g/mol. The van der Waals surface area contributed by atoms with E-state index in [4.69, 9.17) is 5.11 Å². The van der Waals surface area contributed by atoms with E-state index in [0.717, 1.165) is 9.77 Å². The molecular weight excluding hydrogens is 258 g/mol. The third-order valence-corrected chi connectivity index (χ3v) is 4.70. The van der Waals surface area contributed by atoms with Gasteiger partial charge in [-0.15, -0.1) is 23.1 Å². The van der Waals surface area contributed by atoms with Gasteiger partial charge in [0.1, 0.15) is 4.88 Å². The van der Waals surface area contributed by atoms with Gasteiger partial charge in [-0.2, -0.15) is 0 Å². The standard InChI is InChI=1S/C11H13NO3S2/c1-16-8-2-3-17-9(8)10(13)12-7-4-6(5-7)11(14)15/h2-3,6-7H,4-5H2,1H3,(H,12,13)(H,14,15). The van der Waals surface area contributed by atoms with E-state index in [1.807, 2.05) is 17.7 Å². The third-order valence-electron chi connectivity index (χ3n) is 2.88. The molecule has 1 aromatic rings. The van der Waals surface area contributed by atoms with E-state index in [1.165, 1.54) is 11.3 Å². The highest BCUT2D eigenvalue weighted by Crippen LogP contribution is 2.29. The lowest BCUT2D eigenvalue weighted by atomic mass is 9.80. The lowest BCUT2D eigenvalue weighted by molar-refractivity contribution is -0.145. The summed E-state index contributed by atoms with van der Waals surface area (Å²) in [5.74, 6) is -1.14. The van der Waals surface area contributed by atoms with Crippen LogP contribution in [0.25, 0.3) is 0 Å². The van der Waals surface area contributed by atoms with E-state index in [-0.39, 0.29) is 17.9 Å². The van der Waals surface area contributed by atoms with Gasteiger partial charge in [-0.1, -0.05) is 0 Å². The van der Waals surface area contributed by atoms with Gasteiger partial charge in [0.2, 0.25) is 0 Å². The molecule has 6 heteroatoms. The van der Waals surface area contributed by atoms with Gasteiger partial charge in [-0.25, -0.2) is 0 Å². The molecule has 0 bridgehead atoms. The Hall–Kier alpha value is -1.01. The molecule has 2 rings (SSSR count). The maximum absolute atomic E-state index is 11.9. The minimum absolute atomic E-state index is 0.0143. The van der Waals surface area contributed by atoms with Gasteiger partial charge in [-0.3, -0.25) is 9.59 Å². The number of carbonyl (C=O) groups excluding carboxylic acids is 1. The molecular formula is C11H13NO3S2. The van der Waals surface area contributed by atoms with Crippen molar-refractivity contribution < 1.29 is 14.7 Å². The molecule has 1 heterocycles. The molecule has 92 valence electrons. The van der Waals surface area contributed by atoms with Crippen LogP contribution in [0.2, 0.25) is 0 Å². The Morgan fingerprint density at radius 2 is 2.24 bits per heavy atom. The summed E-state index contributed by atoms with van der Waals surface area (Å²) < 4.78 is 0. The minimum Gasteiger partial charge on any atom is -0.481 e. The van der Waals surface area contributed by atoms with Crippen LogP contribution < -0.4 is 5.32 Å². The minimum atomic E-state index is -0.767. The van der Waals surface area contributed by atoms with Gasteiger partial charge in [0.05, 0.1) is 5.92 Å². The molecule has 1 aromatic heterocycles. The Morgan fingerprint density at radius 1 is 1.53 bits per heavy atom. The molecule has 0 aliphatic heterocycles. The number of amides is 1. The maximum Gasteiger partial charge on any atom is 0.306 e. The zero-order chi connectivity index (χ0) is 12.4. The lowest BCUT2D eigenvalue weighted by Gasteiger charge is -2.32. The van der Waals surface area contributed by atoms with Gasteiger partial charge in [-0.05, 0) is 30.5 Å². The molecule has 1 saturated carbocycles. The molecule has 0 unspecified atom stereocenters. The monoisotopic (exact) mass is 271 g/mol. The summed E-state index contributed by atoms with van der Waals surface area (Å²) in [5.41, 5.74) is 0. The number of thiophene rings is 1. The lowest BCUT2D eigenvalue weighted by Crippen LogP contribution is -2.46. The molecule has 0 radical (unpaired) electrons. The summed E-state index contributed by atoms with van der Waals surface area (Å²) >= 11 is 2.96. The van der Waals surface area contributed by atoms with E-state index < -0.39 is 5.97 Å². The Labute approximate surface area is 107 Å². The van der Waals surface area contributed by atoms with E-state index in [2.05, 4.69) is 5.32 Å². The van der Waals surface area contributed by atoms with Crippen molar-refractivity contribution in [3.8, 4) is 0 Å². The second kappa shape index (κ2) is 5.10. The van der Waals surface area contributed by atoms with Crippen LogP contribution in [0.15, 0.2) is 16.3 Å². The van der Waals surface area contributed by atoms with Crippen LogP contribution >= 0.6 is 23.1 Å². The van der Waals surface area contributed by atoms with Gasteiger partial charge < -0.3 is 10.4 Å². The van der Waals surface area contributed by atoms with Crippen molar-refractivity contribution in [2.24, 2.45) is 5.92 Å². The Kier molecular flexibility index (Phi) is 3.73. The fourth-order valence-electron chi connectivity index (χ4n) is 1.81. The number of carboxylic acid groups (broad SMARTS) is 1. The summed E-state index contributed by atoms with van der Waals surface area (Å²) in [4.78, 5) is 24.2. The fourth-order valence-corrected chi connectivity index (χ4v) is 3.47. The molecule has 0 spiro atoms. The molecule has 1 aliphatic rings. The number of carboxylic acids is 1. The van der Waals surface area contributed by atoms with Crippen molar-refractivity contribution in [2.45, 2.75) is 23.8 Å². The zero-order valence-corrected chi connectivity index (χ0v) is 10.9. The molecule has 0 saturated heterocycles. The van der Waals surface area contributed by atoms with E-state index >= 15 is 0 Å². The van der Waals surface area contributed by atoms with Crippen LogP contribution in [0.5, 0.6) is 0 Å². The summed E-state index contributed by atoms with van der Waals surface area (Å²) in [5, 5.41) is 13.5. The van der Waals surface area contributed by atoms with Gasteiger partial charge in [0.15, 0.2) is 0 Å². The quantitative estimate of drug-likeness (QED) is 0.823. The third kappa shape index (κ3) is 2.63. The number of hydrogen-bond donors (Lipinski definition) is 2. The van der Waals surface area contributed by atoms with Gasteiger partial charge in [0, 0.05) is 10.9 Å². The van der Waals surface area contributed by atoms with Crippen LogP contribution in [-0.4, -0.2) is 29.3 Å². The van der Waals surface area contributed by atoms with Gasteiger partial charge >= 0.3 is 5.97 Å². The predicted molar refractivity (Wildman–Crippen MR) is 67.7 cm³/mol. The number of thioether (sulfide) groups is 1. The van der Waals surface area contributed by atoms with Crippen molar-refractivity contribution in [3.63, 3.8) is 0 Å². The van der Waals surface area contributed by atoms with Crippen LogP contribution in [0.3, 0.4) is 0 Å². The Bertz CT molecular complexity index is 438. The SMILES string of the molecule is CSc1ccsc1C(=O)NC1CC(C(=O)O)C1. The second-order valence-electron chi connectivity index (χ2n) is 4.00. The highest BCUT2D eigenvalue weighted by Gasteiger charge is 2.35. The van der Waals surface area contributed by atoms with Crippen molar-refractivity contribution in [1.82, 2.24) is 5.32 Å². The van der Waals surface area contributed by atoms with Crippen LogP contribution in [0, 0.1) is 5.92 Å². The fraction of sp³-hybridized carbons (Fsp3) is 0.455. The summed E-state index contributed by atoms with van der Waals surface area (Å²) in [6.45, 7) is 0. The van der Waals surface area contributed by atoms with Crippen molar-refractivity contribution >= 4 is 35.0 Å². The first kappa shape index (κ1) is 12.4. The normalized spacial score (nSPS) is 22.9. The number of hydrogen-bond acceptors (Lipinski definition) is 4. The smallest absolute Gasteiger partial charge is 0.306 e. The highest BCUT2D eigenvalue weighted by atomic mass is 32.2. The van der Waals surface area contributed by atoms with Crippen molar-refractivity contribution in [2.75, 3.05) is 6.26 Å². The molecule has 2 N–H and O–H groups in total. The zero-order valence-electron chi connectivity index (χ0n) is 9.30. The van der Waals surface area contributed by atoms with E-state index in [0.29, 0.717) is 12.8 Å². The topological polar surface area (TPSA) is 66.4 Å². The highest BCUT2D eigenvalue weighted by molar-refractivity contribution is 7.98. The molecule has 1 fully saturated rings. The molecule has 1 aliphatic carbocycles. The molecule has 1 amide bonds. The molecule has 0 aromatic carbocycles. The first-order valence-corrected chi connectivity index (χ1v) is 7.37. The van der Waals surface area contributed by atoms with Crippen LogP contribution in [0.1, 0.15) is 22.5 Å². The Balaban J connectivity index is 1.89. The number of rotatable bonds is 4. The molecule has 17 heavy (non-hydrogen) atoms. The number of nitrogens with one attached hydrogen (secondary N) is 1. The van der Waals surface area contributed by atoms with Crippen molar-refractivity contribution in [3.05, 3.63) is 16.3 Å². The molecule has 4 nitrogen and oxygen atoms in total. The second-order valence-corrected chi connectivity index (χ2v) is 5.76. The largest absolute Gasteiger partial charge is 0.481 e. The first-order chi connectivity index (χ1) is 8.11. The van der Waals surface area contributed by atoms with Crippen molar-refractivity contribution in [1.29, 1.82) is 0 Å². The average Bonchev–Trinajstić information content (AvgIpc) is 2.69. The summed E-state index contributed by atoms with van der Waals surface area (Å²) in [6.07, 6.45) is 3.02. The molecule has 0 atom stereocenters. The Morgan fingerprint density at radius 3 is 2.82 bits per heavy atom. The first-order valence-electron chi connectivity index (χ1n) is 5.27. The predicted octanol–water partition coefficient (Wildman–Crippen LogP) is 2.06. The number of aliphatic carboxylic acids is 1. The summed E-state index contributed by atoms with van der Waals surface area (Å²) in [7, 11) is 0. The summed E-state index contributed by atoms with van der Waals surface area (Å²) in [6, 6.07) is 1.94. The number of carbonyl (C=O) groups is 2. The van der Waals surface area contributed by atoms with Crippen LogP contribution in [-0.2, 0) is 4.79 Å². The van der Waals surface area contributed by atoms with E-state index in [9.17, 15) is 9.59 Å². The van der Waals surface area contributed by atoms with Crippen LogP contribution in [0.4, 0.5) is 0 Å². The van der Waals surface area contributed by atoms with Gasteiger partial charge in [0.25, 0.3) is 5.91 Å². The van der Waals surface area contributed by atoms with E-state index in [1.54, 1.807) is 11.8 Å².